The van der Waals surface area contributed by atoms with Crippen molar-refractivity contribution >= 4 is 29.3 Å². The van der Waals surface area contributed by atoms with Crippen molar-refractivity contribution in [2.75, 3.05) is 5.32 Å². The van der Waals surface area contributed by atoms with Gasteiger partial charge in [0.15, 0.2) is 0 Å². The smallest absolute Gasteiger partial charge is 0.326 e. The van der Waals surface area contributed by atoms with Crippen LogP contribution in [-0.2, 0) is 4.79 Å². The Morgan fingerprint density at radius 3 is 2.65 bits per heavy atom. The lowest BCUT2D eigenvalue weighted by Gasteiger charge is -2.20. The second-order valence-corrected chi connectivity index (χ2v) is 4.83. The van der Waals surface area contributed by atoms with Crippen molar-refractivity contribution in [3.05, 3.63) is 29.0 Å². The van der Waals surface area contributed by atoms with Crippen molar-refractivity contribution < 1.29 is 19.1 Å². The van der Waals surface area contributed by atoms with Gasteiger partial charge in [0.1, 0.15) is 11.9 Å². The van der Waals surface area contributed by atoms with E-state index in [1.54, 1.807) is 6.92 Å². The number of carboxylic acid groups (broad SMARTS) is 1. The fraction of sp³-hybridized carbons (Fsp3) is 0.385. The van der Waals surface area contributed by atoms with Crippen molar-refractivity contribution in [1.82, 2.24) is 5.32 Å². The van der Waals surface area contributed by atoms with Crippen molar-refractivity contribution in [1.29, 1.82) is 0 Å². The molecule has 0 saturated carbocycles. The minimum absolute atomic E-state index is 0.0810. The maximum absolute atomic E-state index is 13.0. The predicted molar refractivity (Wildman–Crippen MR) is 74.4 cm³/mol. The molecule has 20 heavy (non-hydrogen) atoms. The third-order valence-corrected chi connectivity index (χ3v) is 3.27. The van der Waals surface area contributed by atoms with Gasteiger partial charge in [-0.05, 0) is 24.1 Å². The molecule has 0 spiro atoms. The highest BCUT2D eigenvalue weighted by atomic mass is 35.5. The summed E-state index contributed by atoms with van der Waals surface area (Å²) in [7, 11) is 0. The number of carboxylic acids is 1. The number of aliphatic carboxylic acids is 1. The van der Waals surface area contributed by atoms with Gasteiger partial charge in [-0.3, -0.25) is 0 Å². The van der Waals surface area contributed by atoms with Crippen molar-refractivity contribution in [3.8, 4) is 0 Å². The van der Waals surface area contributed by atoms with Crippen LogP contribution in [-0.4, -0.2) is 23.1 Å². The number of benzene rings is 1. The molecule has 0 aromatic heterocycles. The number of carbonyl (C=O) groups excluding carboxylic acids is 1. The third-order valence-electron chi connectivity index (χ3n) is 2.94. The van der Waals surface area contributed by atoms with Crippen LogP contribution in [0.1, 0.15) is 20.3 Å². The third kappa shape index (κ3) is 4.38. The highest BCUT2D eigenvalue weighted by molar-refractivity contribution is 6.33. The van der Waals surface area contributed by atoms with Gasteiger partial charge < -0.3 is 15.7 Å². The molecule has 1 aromatic rings. The zero-order chi connectivity index (χ0) is 15.3. The van der Waals surface area contributed by atoms with Crippen LogP contribution in [0.3, 0.4) is 0 Å². The summed E-state index contributed by atoms with van der Waals surface area (Å²) in [6.45, 7) is 3.54. The summed E-state index contributed by atoms with van der Waals surface area (Å²) in [5, 5.41) is 13.9. The van der Waals surface area contributed by atoms with Crippen LogP contribution in [0.4, 0.5) is 14.9 Å². The Morgan fingerprint density at radius 1 is 1.45 bits per heavy atom. The van der Waals surface area contributed by atoms with Gasteiger partial charge in [-0.15, -0.1) is 0 Å². The first-order valence-corrected chi connectivity index (χ1v) is 6.48. The molecule has 0 saturated heterocycles. The van der Waals surface area contributed by atoms with Gasteiger partial charge in [-0.1, -0.05) is 31.9 Å². The monoisotopic (exact) mass is 302 g/mol. The van der Waals surface area contributed by atoms with Crippen LogP contribution >= 0.6 is 11.6 Å². The summed E-state index contributed by atoms with van der Waals surface area (Å²) >= 11 is 5.80. The summed E-state index contributed by atoms with van der Waals surface area (Å²) in [6, 6.07) is 1.75. The first-order chi connectivity index (χ1) is 9.35. The van der Waals surface area contributed by atoms with Crippen LogP contribution in [0.2, 0.25) is 5.02 Å². The number of rotatable bonds is 5. The molecule has 0 bridgehead atoms. The van der Waals surface area contributed by atoms with E-state index in [9.17, 15) is 14.0 Å². The fourth-order valence-corrected chi connectivity index (χ4v) is 1.74. The Hall–Kier alpha value is -1.82. The largest absolute Gasteiger partial charge is 0.480 e. The van der Waals surface area contributed by atoms with Crippen molar-refractivity contribution in [3.63, 3.8) is 0 Å². The lowest BCUT2D eigenvalue weighted by atomic mass is 9.99. The molecule has 1 aromatic carbocycles. The predicted octanol–water partition coefficient (Wildman–Crippen LogP) is 3.10. The van der Waals surface area contributed by atoms with Crippen LogP contribution in [0, 0.1) is 11.7 Å². The quantitative estimate of drug-likeness (QED) is 0.782. The topological polar surface area (TPSA) is 78.4 Å². The lowest BCUT2D eigenvalue weighted by Crippen LogP contribution is -2.46. The van der Waals surface area contributed by atoms with Gasteiger partial charge in [-0.25, -0.2) is 14.0 Å². The van der Waals surface area contributed by atoms with E-state index in [-0.39, 0.29) is 16.6 Å². The van der Waals surface area contributed by atoms with Gasteiger partial charge in [0.05, 0.1) is 10.7 Å². The molecule has 0 radical (unpaired) electrons. The molecule has 2 atom stereocenters. The molecule has 0 aliphatic heterocycles. The number of amides is 2. The molecule has 110 valence electrons. The Kier molecular flexibility index (Phi) is 5.76. The van der Waals surface area contributed by atoms with E-state index in [0.717, 1.165) is 12.1 Å². The molecule has 0 aliphatic carbocycles. The Labute approximate surface area is 121 Å². The molecule has 3 N–H and O–H groups in total. The Bertz CT molecular complexity index is 510. The van der Waals surface area contributed by atoms with E-state index in [0.29, 0.717) is 6.42 Å². The standard InChI is InChI=1S/C13H16ClFN2O3/c1-3-7(2)11(12(18)19)17-13(20)16-10-6-8(15)4-5-9(10)14/h4-7,11H,3H2,1-2H3,(H,18,19)(H2,16,17,20)/t7?,11-/m0/s1. The van der Waals surface area contributed by atoms with Gasteiger partial charge in [0.25, 0.3) is 0 Å². The van der Waals surface area contributed by atoms with Crippen molar-refractivity contribution in [2.45, 2.75) is 26.3 Å². The number of hydrogen-bond acceptors (Lipinski definition) is 2. The number of nitrogens with one attached hydrogen (secondary N) is 2. The average Bonchev–Trinajstić information content (AvgIpc) is 2.39. The van der Waals surface area contributed by atoms with Gasteiger partial charge in [0.2, 0.25) is 0 Å². The molecule has 2 amide bonds. The minimum Gasteiger partial charge on any atom is -0.480 e. The van der Waals surface area contributed by atoms with E-state index < -0.39 is 23.9 Å². The van der Waals surface area contributed by atoms with E-state index in [4.69, 9.17) is 16.7 Å². The summed E-state index contributed by atoms with van der Waals surface area (Å²) in [5.74, 6) is -1.91. The molecule has 5 nitrogen and oxygen atoms in total. The fourth-order valence-electron chi connectivity index (χ4n) is 1.58. The molecule has 0 aliphatic rings. The van der Waals surface area contributed by atoms with Crippen molar-refractivity contribution in [2.24, 2.45) is 5.92 Å². The maximum Gasteiger partial charge on any atom is 0.326 e. The van der Waals surface area contributed by atoms with E-state index in [1.165, 1.54) is 6.07 Å². The maximum atomic E-state index is 13.0. The summed E-state index contributed by atoms with van der Waals surface area (Å²) < 4.78 is 13.0. The normalized spacial score (nSPS) is 13.4. The Balaban J connectivity index is 2.75. The summed E-state index contributed by atoms with van der Waals surface area (Å²) in [4.78, 5) is 22.8. The SMILES string of the molecule is CCC(C)[C@H](NC(=O)Nc1cc(F)ccc1Cl)C(=O)O. The zero-order valence-corrected chi connectivity index (χ0v) is 11.9. The minimum atomic E-state index is -1.13. The van der Waals surface area contributed by atoms with Gasteiger partial charge >= 0.3 is 12.0 Å². The van der Waals surface area contributed by atoms with Crippen LogP contribution in [0.5, 0.6) is 0 Å². The first kappa shape index (κ1) is 16.2. The molecular weight excluding hydrogens is 287 g/mol. The summed E-state index contributed by atoms with van der Waals surface area (Å²) in [6.07, 6.45) is 0.595. The molecule has 0 heterocycles. The molecule has 7 heteroatoms. The summed E-state index contributed by atoms with van der Waals surface area (Å²) in [5.41, 5.74) is 0.0810. The lowest BCUT2D eigenvalue weighted by molar-refractivity contribution is -0.140. The second-order valence-electron chi connectivity index (χ2n) is 4.42. The number of hydrogen-bond donors (Lipinski definition) is 3. The van der Waals surface area contributed by atoms with Gasteiger partial charge in [-0.2, -0.15) is 0 Å². The molecule has 0 fully saturated rings. The second kappa shape index (κ2) is 7.09. The van der Waals surface area contributed by atoms with E-state index in [2.05, 4.69) is 10.6 Å². The highest BCUT2D eigenvalue weighted by Crippen LogP contribution is 2.22. The number of urea groups is 1. The van der Waals surface area contributed by atoms with Crippen LogP contribution in [0.15, 0.2) is 18.2 Å². The zero-order valence-electron chi connectivity index (χ0n) is 11.1. The van der Waals surface area contributed by atoms with E-state index in [1.807, 2.05) is 6.92 Å². The molecule has 1 unspecified atom stereocenters. The number of halogens is 2. The van der Waals surface area contributed by atoms with Crippen LogP contribution in [0.25, 0.3) is 0 Å². The van der Waals surface area contributed by atoms with Gasteiger partial charge in [0, 0.05) is 0 Å². The number of carbonyl (C=O) groups is 2. The first-order valence-electron chi connectivity index (χ1n) is 6.10. The number of anilines is 1. The molecular formula is C13H16ClFN2O3. The molecule has 1 rings (SSSR count). The average molecular weight is 303 g/mol. The van der Waals surface area contributed by atoms with Crippen LogP contribution < -0.4 is 10.6 Å². The Morgan fingerprint density at radius 2 is 2.10 bits per heavy atom. The van der Waals surface area contributed by atoms with E-state index >= 15 is 0 Å². The highest BCUT2D eigenvalue weighted by Gasteiger charge is 2.25.